The van der Waals surface area contributed by atoms with Gasteiger partial charge in [-0.2, -0.15) is 5.26 Å². The SMILES string of the molecule is C[C@@H](c1ccccc1F)N1C(=O)C2CC1CN2CC(N)C(=O)N1CCCC1C#N. The third-order valence-electron chi connectivity index (χ3n) is 6.52. The number of benzene rings is 1. The first-order chi connectivity index (χ1) is 13.9. The highest BCUT2D eigenvalue weighted by atomic mass is 19.1. The van der Waals surface area contributed by atoms with Gasteiger partial charge in [0.25, 0.3) is 0 Å². The van der Waals surface area contributed by atoms with Gasteiger partial charge in [-0.1, -0.05) is 18.2 Å². The molecule has 4 rings (SSSR count). The van der Waals surface area contributed by atoms with Crippen LogP contribution in [-0.2, 0) is 9.59 Å². The van der Waals surface area contributed by atoms with E-state index in [1.165, 1.54) is 6.07 Å². The third kappa shape index (κ3) is 3.38. The van der Waals surface area contributed by atoms with Crippen LogP contribution >= 0.6 is 0 Å². The van der Waals surface area contributed by atoms with E-state index < -0.39 is 12.1 Å². The number of fused-ring (bicyclic) bond motifs is 2. The Morgan fingerprint density at radius 3 is 2.86 bits per heavy atom. The van der Waals surface area contributed by atoms with Crippen molar-refractivity contribution in [2.75, 3.05) is 19.6 Å². The van der Waals surface area contributed by atoms with Gasteiger partial charge < -0.3 is 15.5 Å². The van der Waals surface area contributed by atoms with Crippen molar-refractivity contribution < 1.29 is 14.0 Å². The number of nitriles is 1. The molecule has 0 radical (unpaired) electrons. The van der Waals surface area contributed by atoms with Gasteiger partial charge in [-0.25, -0.2) is 4.39 Å². The highest BCUT2D eigenvalue weighted by molar-refractivity contribution is 5.87. The normalized spacial score (nSPS) is 28.6. The van der Waals surface area contributed by atoms with Gasteiger partial charge in [0.2, 0.25) is 11.8 Å². The molecule has 1 aromatic carbocycles. The molecule has 5 atom stereocenters. The Morgan fingerprint density at radius 1 is 1.41 bits per heavy atom. The fraction of sp³-hybridized carbons (Fsp3) is 0.571. The molecule has 3 aliphatic rings. The van der Waals surface area contributed by atoms with Crippen LogP contribution in [0.2, 0.25) is 0 Å². The molecule has 154 valence electrons. The number of likely N-dealkylation sites (tertiary alicyclic amines) is 3. The van der Waals surface area contributed by atoms with Gasteiger partial charge >= 0.3 is 0 Å². The third-order valence-corrected chi connectivity index (χ3v) is 6.52. The second-order valence-corrected chi connectivity index (χ2v) is 8.23. The summed E-state index contributed by atoms with van der Waals surface area (Å²) in [5.41, 5.74) is 6.68. The van der Waals surface area contributed by atoms with Gasteiger partial charge in [-0.05, 0) is 32.3 Å². The lowest BCUT2D eigenvalue weighted by molar-refractivity contribution is -0.141. The van der Waals surface area contributed by atoms with Gasteiger partial charge in [-0.15, -0.1) is 0 Å². The van der Waals surface area contributed by atoms with Crippen LogP contribution in [0.15, 0.2) is 24.3 Å². The number of nitrogens with two attached hydrogens (primary N) is 1. The standard InChI is InChI=1S/C21H26FN5O2/c1-13(16-6-2-3-7-17(16)22)27-15-9-19(21(27)29)25(11-15)12-18(24)20(28)26-8-4-5-14(26)10-23/h2-3,6-7,13-15,18-19H,4-5,8-9,11-12,24H2,1H3/t13-,14?,15?,18?,19?/m0/s1. The van der Waals surface area contributed by atoms with Crippen LogP contribution in [-0.4, -0.2) is 70.3 Å². The van der Waals surface area contributed by atoms with Crippen LogP contribution in [0.4, 0.5) is 4.39 Å². The monoisotopic (exact) mass is 399 g/mol. The number of halogens is 1. The van der Waals surface area contributed by atoms with Crippen molar-refractivity contribution in [2.45, 2.75) is 56.4 Å². The Balaban J connectivity index is 1.40. The minimum atomic E-state index is -0.756. The zero-order chi connectivity index (χ0) is 20.7. The van der Waals surface area contributed by atoms with E-state index in [1.54, 1.807) is 28.0 Å². The van der Waals surface area contributed by atoms with Gasteiger partial charge in [0.15, 0.2) is 0 Å². The number of carbonyl (C=O) groups is 2. The van der Waals surface area contributed by atoms with Crippen molar-refractivity contribution in [3.8, 4) is 6.07 Å². The van der Waals surface area contributed by atoms with Gasteiger partial charge in [0, 0.05) is 31.2 Å². The fourth-order valence-corrected chi connectivity index (χ4v) is 5.07. The van der Waals surface area contributed by atoms with Crippen LogP contribution in [0.3, 0.4) is 0 Å². The van der Waals surface area contributed by atoms with E-state index >= 15 is 0 Å². The second-order valence-electron chi connectivity index (χ2n) is 8.23. The molecule has 2 N–H and O–H groups in total. The lowest BCUT2D eigenvalue weighted by atomic mass is 10.0. The predicted octanol–water partition coefficient (Wildman–Crippen LogP) is 1.01. The Hall–Kier alpha value is -2.50. The zero-order valence-corrected chi connectivity index (χ0v) is 16.5. The number of hydrogen-bond acceptors (Lipinski definition) is 5. The maximum Gasteiger partial charge on any atom is 0.241 e. The summed E-state index contributed by atoms with van der Waals surface area (Å²) in [6.45, 7) is 3.33. The molecule has 1 aromatic rings. The van der Waals surface area contributed by atoms with Crippen molar-refractivity contribution in [1.29, 1.82) is 5.26 Å². The molecule has 0 spiro atoms. The lowest BCUT2D eigenvalue weighted by Crippen LogP contribution is -2.56. The first kappa shape index (κ1) is 19.8. The molecule has 3 saturated heterocycles. The zero-order valence-electron chi connectivity index (χ0n) is 16.5. The number of piperazine rings is 1. The molecule has 2 bridgehead atoms. The van der Waals surface area contributed by atoms with Gasteiger partial charge in [0.1, 0.15) is 11.9 Å². The van der Waals surface area contributed by atoms with Crippen LogP contribution in [0.25, 0.3) is 0 Å². The lowest BCUT2D eigenvalue weighted by Gasteiger charge is -2.38. The smallest absolute Gasteiger partial charge is 0.241 e. The molecule has 3 fully saturated rings. The topological polar surface area (TPSA) is 93.7 Å². The molecule has 7 nitrogen and oxygen atoms in total. The summed E-state index contributed by atoms with van der Waals surface area (Å²) in [7, 11) is 0. The number of rotatable bonds is 5. The van der Waals surface area contributed by atoms with E-state index in [4.69, 9.17) is 5.73 Å². The average molecular weight is 399 g/mol. The van der Waals surface area contributed by atoms with Gasteiger partial charge in [0.05, 0.1) is 24.2 Å². The number of carbonyl (C=O) groups excluding carboxylic acids is 2. The van der Waals surface area contributed by atoms with E-state index in [0.29, 0.717) is 38.0 Å². The van der Waals surface area contributed by atoms with E-state index in [-0.39, 0.29) is 35.8 Å². The highest BCUT2D eigenvalue weighted by Gasteiger charge is 2.51. The summed E-state index contributed by atoms with van der Waals surface area (Å²) in [4.78, 5) is 31.0. The maximum absolute atomic E-state index is 14.2. The molecule has 0 aromatic heterocycles. The number of hydrogen-bond donors (Lipinski definition) is 1. The molecule has 8 heteroatoms. The molecule has 3 heterocycles. The second kappa shape index (κ2) is 7.73. The van der Waals surface area contributed by atoms with E-state index in [9.17, 15) is 19.2 Å². The average Bonchev–Trinajstić information content (AvgIpc) is 3.41. The van der Waals surface area contributed by atoms with Crippen molar-refractivity contribution in [3.63, 3.8) is 0 Å². The molecule has 4 unspecified atom stereocenters. The fourth-order valence-electron chi connectivity index (χ4n) is 5.07. The summed E-state index contributed by atoms with van der Waals surface area (Å²) in [5.74, 6) is -0.564. The van der Waals surface area contributed by atoms with Crippen LogP contribution < -0.4 is 5.73 Å². The van der Waals surface area contributed by atoms with E-state index in [1.807, 2.05) is 11.8 Å². The first-order valence-electron chi connectivity index (χ1n) is 10.2. The van der Waals surface area contributed by atoms with Crippen LogP contribution in [0.5, 0.6) is 0 Å². The van der Waals surface area contributed by atoms with Crippen molar-refractivity contribution in [3.05, 3.63) is 35.6 Å². The molecule has 0 saturated carbocycles. The summed E-state index contributed by atoms with van der Waals surface area (Å²) >= 11 is 0. The number of nitrogens with zero attached hydrogens (tertiary/aromatic N) is 4. The van der Waals surface area contributed by atoms with Gasteiger partial charge in [-0.3, -0.25) is 14.5 Å². The Kier molecular flexibility index (Phi) is 5.28. The molecule has 0 aliphatic carbocycles. The maximum atomic E-state index is 14.2. The molecule has 29 heavy (non-hydrogen) atoms. The Labute approximate surface area is 169 Å². The minimum absolute atomic E-state index is 0.0111. The number of amides is 2. The van der Waals surface area contributed by atoms with Crippen LogP contribution in [0, 0.1) is 17.1 Å². The summed E-state index contributed by atoms with van der Waals surface area (Å²) in [6, 6.07) is 6.88. The highest BCUT2D eigenvalue weighted by Crippen LogP contribution is 2.38. The van der Waals surface area contributed by atoms with E-state index in [0.717, 1.165) is 6.42 Å². The van der Waals surface area contributed by atoms with Crippen molar-refractivity contribution >= 4 is 11.8 Å². The predicted molar refractivity (Wildman–Crippen MR) is 104 cm³/mol. The van der Waals surface area contributed by atoms with Crippen LogP contribution in [0.1, 0.15) is 37.8 Å². The largest absolute Gasteiger partial charge is 0.330 e. The molecular weight excluding hydrogens is 373 g/mol. The van der Waals surface area contributed by atoms with Crippen molar-refractivity contribution in [1.82, 2.24) is 14.7 Å². The van der Waals surface area contributed by atoms with Crippen molar-refractivity contribution in [2.24, 2.45) is 5.73 Å². The molecule has 3 aliphatic heterocycles. The Bertz CT molecular complexity index is 856. The Morgan fingerprint density at radius 2 is 2.17 bits per heavy atom. The summed E-state index contributed by atoms with van der Waals surface area (Å²) in [6.07, 6.45) is 2.17. The minimum Gasteiger partial charge on any atom is -0.330 e. The summed E-state index contributed by atoms with van der Waals surface area (Å²) in [5, 5.41) is 9.19. The molecular formula is C21H26FN5O2. The van der Waals surface area contributed by atoms with E-state index in [2.05, 4.69) is 6.07 Å². The quantitative estimate of drug-likeness (QED) is 0.798. The molecule has 2 amide bonds. The summed E-state index contributed by atoms with van der Waals surface area (Å²) < 4.78 is 14.2. The first-order valence-corrected chi connectivity index (χ1v) is 10.2.